The number of carbonyl (C=O) groups is 2. The minimum Gasteiger partial charge on any atom is -0.392 e. The highest BCUT2D eigenvalue weighted by molar-refractivity contribution is 6.07. The Morgan fingerprint density at radius 1 is 1.11 bits per heavy atom. The van der Waals surface area contributed by atoms with Crippen LogP contribution in [0.25, 0.3) is 0 Å². The third-order valence-corrected chi connectivity index (χ3v) is 9.39. The van der Waals surface area contributed by atoms with Crippen molar-refractivity contribution in [2.75, 3.05) is 13.7 Å². The number of aliphatic hydroxyl groups is 3. The van der Waals surface area contributed by atoms with Gasteiger partial charge < -0.3 is 20.1 Å². The van der Waals surface area contributed by atoms with E-state index in [9.17, 15) is 24.9 Å². The van der Waals surface area contributed by atoms with Gasteiger partial charge in [-0.2, -0.15) is 0 Å². The molecule has 0 aromatic carbocycles. The number of ketones is 2. The van der Waals surface area contributed by atoms with Crippen molar-refractivity contribution in [3.8, 4) is 0 Å². The molecule has 5 fully saturated rings. The molecule has 0 heterocycles. The Morgan fingerprint density at radius 3 is 2.48 bits per heavy atom. The summed E-state index contributed by atoms with van der Waals surface area (Å²) in [4.78, 5) is 27.3. The molecule has 0 amide bonds. The van der Waals surface area contributed by atoms with E-state index < -0.39 is 46.3 Å². The number of methoxy groups -OCH3 is 1. The number of hydrogen-bond acceptors (Lipinski definition) is 6. The third-order valence-electron chi connectivity index (χ3n) is 9.39. The lowest BCUT2D eigenvalue weighted by molar-refractivity contribution is -0.201. The average molecular weight is 378 g/mol. The van der Waals surface area contributed by atoms with E-state index in [1.807, 2.05) is 13.8 Å². The topological polar surface area (TPSA) is 104 Å². The van der Waals surface area contributed by atoms with Crippen LogP contribution in [0.5, 0.6) is 0 Å². The fraction of sp³-hybridized carbons (Fsp3) is 0.905. The van der Waals surface area contributed by atoms with Crippen LogP contribution in [-0.4, -0.2) is 58.4 Å². The summed E-state index contributed by atoms with van der Waals surface area (Å²) in [5.74, 6) is -2.34. The second kappa shape index (κ2) is 5.02. The number of hydrogen-bond donors (Lipinski definition) is 3. The lowest BCUT2D eigenvalue weighted by Crippen LogP contribution is -2.68. The number of ether oxygens (including phenoxy) is 1. The van der Waals surface area contributed by atoms with Gasteiger partial charge in [0.2, 0.25) is 0 Å². The van der Waals surface area contributed by atoms with Crippen LogP contribution >= 0.6 is 0 Å². The third kappa shape index (κ3) is 1.53. The molecular formula is C21H30O6. The fourth-order valence-corrected chi connectivity index (χ4v) is 8.78. The van der Waals surface area contributed by atoms with Crippen molar-refractivity contribution in [1.82, 2.24) is 0 Å². The molecule has 5 rings (SSSR count). The first kappa shape index (κ1) is 18.2. The van der Waals surface area contributed by atoms with Crippen LogP contribution in [0.2, 0.25) is 0 Å². The largest absolute Gasteiger partial charge is 0.392 e. The average Bonchev–Trinajstić information content (AvgIpc) is 2.93. The van der Waals surface area contributed by atoms with E-state index in [1.54, 1.807) is 0 Å². The Bertz CT molecular complexity index is 732. The Labute approximate surface area is 159 Å². The highest BCUT2D eigenvalue weighted by Crippen LogP contribution is 2.80. The van der Waals surface area contributed by atoms with Crippen LogP contribution < -0.4 is 0 Å². The SMILES string of the molecule is COC[C@@H]1C(=O)[C@]23[C@H](O)[C@H]1CC[C@H]2[C@]12CCCC(C)(C)[C@H]1C(=O)[C@@]3(O)[C@@H]2O. The van der Waals surface area contributed by atoms with Gasteiger partial charge in [-0.05, 0) is 42.9 Å². The van der Waals surface area contributed by atoms with Gasteiger partial charge in [0.25, 0.3) is 0 Å². The van der Waals surface area contributed by atoms with Gasteiger partial charge in [-0.3, -0.25) is 9.59 Å². The van der Waals surface area contributed by atoms with E-state index in [1.165, 1.54) is 7.11 Å². The Balaban J connectivity index is 1.76. The monoisotopic (exact) mass is 378 g/mol. The summed E-state index contributed by atoms with van der Waals surface area (Å²) in [6, 6.07) is 0. The number of carbonyl (C=O) groups excluding carboxylic acids is 2. The first-order valence-electron chi connectivity index (χ1n) is 10.3. The second-order valence-electron chi connectivity index (χ2n) is 10.5. The molecule has 6 heteroatoms. The zero-order chi connectivity index (χ0) is 19.6. The molecule has 4 bridgehead atoms. The molecule has 3 N–H and O–H groups in total. The first-order valence-corrected chi connectivity index (χ1v) is 10.3. The van der Waals surface area contributed by atoms with E-state index >= 15 is 0 Å². The van der Waals surface area contributed by atoms with Crippen molar-refractivity contribution in [3.63, 3.8) is 0 Å². The Hall–Kier alpha value is -0.820. The number of Topliss-reactive ketones (excluding diaryl/α,β-unsaturated/α-hetero) is 2. The molecule has 5 saturated carbocycles. The van der Waals surface area contributed by atoms with Crippen LogP contribution in [0, 0.1) is 39.9 Å². The van der Waals surface area contributed by atoms with E-state index in [4.69, 9.17) is 4.74 Å². The summed E-state index contributed by atoms with van der Waals surface area (Å²) in [5, 5.41) is 34.5. The van der Waals surface area contributed by atoms with E-state index in [0.717, 1.165) is 12.8 Å². The molecule has 150 valence electrons. The van der Waals surface area contributed by atoms with Crippen molar-refractivity contribution >= 4 is 11.6 Å². The standard InChI is InChI=1S/C21H30O6/c1-18(2)7-4-8-19-12-6-5-10-11(9-27-3)15(23)20(12,14(10)22)21(26,17(19)25)16(24)13(18)19/h10-14,17,22,25-26H,4-9H2,1-3H3/t10-,11-,12-,13+,14+,17+,19+,20+,21+/m0/s1. The van der Waals surface area contributed by atoms with Crippen LogP contribution in [-0.2, 0) is 14.3 Å². The van der Waals surface area contributed by atoms with Crippen LogP contribution in [0.15, 0.2) is 0 Å². The van der Waals surface area contributed by atoms with Gasteiger partial charge in [0, 0.05) is 24.4 Å². The molecule has 6 nitrogen and oxygen atoms in total. The van der Waals surface area contributed by atoms with E-state index in [2.05, 4.69) is 0 Å². The molecule has 5 aliphatic carbocycles. The van der Waals surface area contributed by atoms with Crippen LogP contribution in [0.1, 0.15) is 46.0 Å². The smallest absolute Gasteiger partial charge is 0.172 e. The molecule has 0 saturated heterocycles. The van der Waals surface area contributed by atoms with Gasteiger partial charge >= 0.3 is 0 Å². The molecule has 0 unspecified atom stereocenters. The Kier molecular flexibility index (Phi) is 3.39. The predicted molar refractivity (Wildman–Crippen MR) is 94.5 cm³/mol. The van der Waals surface area contributed by atoms with Gasteiger partial charge in [0.05, 0.1) is 24.2 Å². The van der Waals surface area contributed by atoms with Crippen molar-refractivity contribution < 1.29 is 29.6 Å². The van der Waals surface area contributed by atoms with Gasteiger partial charge in [0.15, 0.2) is 17.2 Å². The first-order chi connectivity index (χ1) is 12.6. The molecule has 2 spiro atoms. The lowest BCUT2D eigenvalue weighted by atomic mass is 9.44. The maximum atomic E-state index is 13.6. The number of fused-ring (bicyclic) bond motifs is 2. The molecule has 5 aliphatic rings. The van der Waals surface area contributed by atoms with Gasteiger partial charge in [-0.25, -0.2) is 0 Å². The maximum absolute atomic E-state index is 13.6. The quantitative estimate of drug-likeness (QED) is 0.654. The van der Waals surface area contributed by atoms with Crippen LogP contribution in [0.3, 0.4) is 0 Å². The minimum atomic E-state index is -2.18. The molecule has 9 atom stereocenters. The molecule has 0 radical (unpaired) electrons. The van der Waals surface area contributed by atoms with Crippen molar-refractivity contribution in [3.05, 3.63) is 0 Å². The maximum Gasteiger partial charge on any atom is 0.172 e. The highest BCUT2D eigenvalue weighted by atomic mass is 16.5. The summed E-state index contributed by atoms with van der Waals surface area (Å²) in [5.41, 5.74) is -4.89. The molecule has 0 aromatic heterocycles. The zero-order valence-electron chi connectivity index (χ0n) is 16.3. The molecule has 0 aromatic rings. The van der Waals surface area contributed by atoms with Gasteiger partial charge in [-0.15, -0.1) is 0 Å². The van der Waals surface area contributed by atoms with E-state index in [-0.39, 0.29) is 29.6 Å². The predicted octanol–water partition coefficient (Wildman–Crippen LogP) is 0.706. The number of rotatable bonds is 2. The molecule has 0 aliphatic heterocycles. The summed E-state index contributed by atoms with van der Waals surface area (Å²) < 4.78 is 5.24. The molecule has 27 heavy (non-hydrogen) atoms. The lowest BCUT2D eigenvalue weighted by Gasteiger charge is -2.58. The summed E-state index contributed by atoms with van der Waals surface area (Å²) in [7, 11) is 1.52. The van der Waals surface area contributed by atoms with Crippen molar-refractivity contribution in [2.24, 2.45) is 39.9 Å². The minimum absolute atomic E-state index is 0.178. The van der Waals surface area contributed by atoms with Gasteiger partial charge in [-0.1, -0.05) is 20.3 Å². The van der Waals surface area contributed by atoms with Crippen LogP contribution in [0.4, 0.5) is 0 Å². The van der Waals surface area contributed by atoms with Gasteiger partial charge in [0.1, 0.15) is 0 Å². The second-order valence-corrected chi connectivity index (χ2v) is 10.5. The fourth-order valence-electron chi connectivity index (χ4n) is 8.78. The van der Waals surface area contributed by atoms with Crippen molar-refractivity contribution in [1.29, 1.82) is 0 Å². The summed E-state index contributed by atoms with van der Waals surface area (Å²) in [6.45, 7) is 4.25. The van der Waals surface area contributed by atoms with Crippen molar-refractivity contribution in [2.45, 2.75) is 63.8 Å². The summed E-state index contributed by atoms with van der Waals surface area (Å²) in [6.07, 6.45) is 1.28. The number of aliphatic hydroxyl groups excluding tert-OH is 2. The normalized spacial score (nSPS) is 57.7. The summed E-state index contributed by atoms with van der Waals surface area (Å²) >= 11 is 0. The zero-order valence-corrected chi connectivity index (χ0v) is 16.3. The highest BCUT2D eigenvalue weighted by Gasteiger charge is 2.92. The van der Waals surface area contributed by atoms with E-state index in [0.29, 0.717) is 19.3 Å². The Morgan fingerprint density at radius 2 is 1.81 bits per heavy atom. The molecular weight excluding hydrogens is 348 g/mol.